The van der Waals surface area contributed by atoms with Crippen LogP contribution in [0.5, 0.6) is 0 Å². The molecule has 0 N–H and O–H groups in total. The topological polar surface area (TPSA) is 40.6 Å². The second-order valence-electron chi connectivity index (χ2n) is 4.46. The first-order chi connectivity index (χ1) is 8.95. The van der Waals surface area contributed by atoms with E-state index in [0.717, 1.165) is 34.3 Å². The van der Waals surface area contributed by atoms with Gasteiger partial charge in [-0.05, 0) is 34.5 Å². The van der Waals surface area contributed by atoms with Crippen LogP contribution in [0.1, 0.15) is 5.56 Å². The Labute approximate surface area is 135 Å². The minimum atomic E-state index is -3.32. The van der Waals surface area contributed by atoms with Gasteiger partial charge >= 0.3 is 0 Å². The largest absolute Gasteiger partial charge is 0.300 e. The van der Waals surface area contributed by atoms with Gasteiger partial charge in [-0.2, -0.15) is 4.31 Å². The van der Waals surface area contributed by atoms with E-state index in [2.05, 4.69) is 36.8 Å². The number of aryl methyl sites for hydroxylation is 1. The second-order valence-corrected chi connectivity index (χ2v) is 9.78. The molecule has 0 radical (unpaired) electrons. The summed E-state index contributed by atoms with van der Waals surface area (Å²) in [4.78, 5) is 2.27. The van der Waals surface area contributed by atoms with Crippen molar-refractivity contribution in [3.05, 3.63) is 15.4 Å². The van der Waals surface area contributed by atoms with Gasteiger partial charge in [-0.15, -0.1) is 11.3 Å². The number of piperazine rings is 1. The van der Waals surface area contributed by atoms with Crippen molar-refractivity contribution in [3.63, 3.8) is 0 Å². The summed E-state index contributed by atoms with van der Waals surface area (Å²) in [5.41, 5.74) is 0.974. The first-order valence-electron chi connectivity index (χ1n) is 5.99. The monoisotopic (exact) mass is 430 g/mol. The van der Waals surface area contributed by atoms with Gasteiger partial charge in [0.05, 0.1) is 3.79 Å². The molecule has 0 spiro atoms. The van der Waals surface area contributed by atoms with Crippen LogP contribution in [0.25, 0.3) is 0 Å². The third kappa shape index (κ3) is 3.59. The average molecular weight is 432 g/mol. The molecule has 1 fully saturated rings. The van der Waals surface area contributed by atoms with Crippen LogP contribution in [0.3, 0.4) is 0 Å². The lowest BCUT2D eigenvalue weighted by atomic mass is 10.4. The minimum Gasteiger partial charge on any atom is -0.300 e. The molecule has 8 heteroatoms. The Bertz CT molecular complexity index is 517. The maximum atomic E-state index is 12.5. The van der Waals surface area contributed by atoms with Crippen LogP contribution in [0, 0.1) is 6.92 Å². The van der Waals surface area contributed by atoms with Gasteiger partial charge in [0.15, 0.2) is 0 Å². The quantitative estimate of drug-likeness (QED) is 0.687. The Kier molecular flexibility index (Phi) is 5.47. The summed E-state index contributed by atoms with van der Waals surface area (Å²) in [6.07, 6.45) is 0. The van der Waals surface area contributed by atoms with Crippen LogP contribution < -0.4 is 0 Å². The van der Waals surface area contributed by atoms with Gasteiger partial charge < -0.3 is 0 Å². The molecule has 0 aliphatic carbocycles. The summed E-state index contributed by atoms with van der Waals surface area (Å²) in [6, 6.07) is 1.74. The zero-order valence-electron chi connectivity index (χ0n) is 10.6. The van der Waals surface area contributed by atoms with Gasteiger partial charge in [-0.25, -0.2) is 8.42 Å². The molecule has 0 amide bonds. The van der Waals surface area contributed by atoms with Crippen molar-refractivity contribution in [1.29, 1.82) is 0 Å². The Morgan fingerprint density at radius 3 is 2.42 bits per heavy atom. The van der Waals surface area contributed by atoms with Crippen molar-refractivity contribution in [2.24, 2.45) is 0 Å². The summed E-state index contributed by atoms with van der Waals surface area (Å²) in [7, 11) is -3.32. The molecule has 0 saturated carbocycles. The average Bonchev–Trinajstić information content (AvgIpc) is 2.71. The molecule has 4 nitrogen and oxygen atoms in total. The van der Waals surface area contributed by atoms with E-state index in [1.165, 1.54) is 11.3 Å². The van der Waals surface area contributed by atoms with Crippen molar-refractivity contribution >= 4 is 53.2 Å². The highest BCUT2D eigenvalue weighted by molar-refractivity contribution is 9.11. The Morgan fingerprint density at radius 1 is 1.32 bits per heavy atom. The lowest BCUT2D eigenvalue weighted by molar-refractivity contribution is 0.198. The molecule has 0 bridgehead atoms. The van der Waals surface area contributed by atoms with Crippen molar-refractivity contribution in [2.75, 3.05) is 38.1 Å². The lowest BCUT2D eigenvalue weighted by Crippen LogP contribution is -2.48. The van der Waals surface area contributed by atoms with Crippen LogP contribution in [-0.2, 0) is 10.0 Å². The predicted molar refractivity (Wildman–Crippen MR) is 85.7 cm³/mol. The van der Waals surface area contributed by atoms with Gasteiger partial charge in [-0.1, -0.05) is 15.9 Å². The molecule has 108 valence electrons. The maximum absolute atomic E-state index is 12.5. The number of hydrogen-bond donors (Lipinski definition) is 0. The fraction of sp³-hybridized carbons (Fsp3) is 0.636. The first kappa shape index (κ1) is 15.9. The third-order valence-electron chi connectivity index (χ3n) is 3.16. The van der Waals surface area contributed by atoms with Crippen LogP contribution in [0.4, 0.5) is 0 Å². The van der Waals surface area contributed by atoms with Crippen LogP contribution in [0.15, 0.2) is 14.1 Å². The van der Waals surface area contributed by atoms with E-state index in [1.807, 2.05) is 6.92 Å². The van der Waals surface area contributed by atoms with Crippen molar-refractivity contribution in [3.8, 4) is 0 Å². The molecule has 19 heavy (non-hydrogen) atoms. The second kappa shape index (κ2) is 6.53. The number of nitrogens with zero attached hydrogens (tertiary/aromatic N) is 2. The van der Waals surface area contributed by atoms with E-state index in [4.69, 9.17) is 0 Å². The summed E-state index contributed by atoms with van der Waals surface area (Å²) in [6.45, 7) is 5.63. The smallest absolute Gasteiger partial charge is 0.252 e. The highest BCUT2D eigenvalue weighted by Gasteiger charge is 2.29. The summed E-state index contributed by atoms with van der Waals surface area (Å²) in [5.74, 6) is 0. The SMILES string of the molecule is Cc1cc(S(=O)(=O)N2CCN(CCBr)CC2)sc1Br. The van der Waals surface area contributed by atoms with E-state index in [-0.39, 0.29) is 0 Å². The lowest BCUT2D eigenvalue weighted by Gasteiger charge is -2.33. The number of thiophene rings is 1. The minimum absolute atomic E-state index is 0.436. The Balaban J connectivity index is 2.09. The molecule has 2 rings (SSSR count). The van der Waals surface area contributed by atoms with Crippen LogP contribution >= 0.6 is 43.2 Å². The van der Waals surface area contributed by atoms with Gasteiger partial charge in [0.25, 0.3) is 10.0 Å². The molecule has 0 unspecified atom stereocenters. The summed E-state index contributed by atoms with van der Waals surface area (Å²) in [5, 5.41) is 0.927. The summed E-state index contributed by atoms with van der Waals surface area (Å²) < 4.78 is 27.9. The number of alkyl halides is 1. The molecule has 1 aliphatic heterocycles. The highest BCUT2D eigenvalue weighted by Crippen LogP contribution is 2.32. The zero-order valence-corrected chi connectivity index (χ0v) is 15.4. The van der Waals surface area contributed by atoms with E-state index >= 15 is 0 Å². The van der Waals surface area contributed by atoms with E-state index in [1.54, 1.807) is 10.4 Å². The van der Waals surface area contributed by atoms with E-state index < -0.39 is 10.0 Å². The van der Waals surface area contributed by atoms with Crippen molar-refractivity contribution < 1.29 is 8.42 Å². The Hall–Kier alpha value is 0.530. The van der Waals surface area contributed by atoms with E-state index in [9.17, 15) is 8.42 Å². The van der Waals surface area contributed by atoms with E-state index in [0.29, 0.717) is 17.3 Å². The third-order valence-corrected chi connectivity index (χ3v) is 8.00. The number of hydrogen-bond acceptors (Lipinski definition) is 4. The molecule has 1 aromatic rings. The fourth-order valence-electron chi connectivity index (χ4n) is 2.00. The van der Waals surface area contributed by atoms with Crippen LogP contribution in [0.2, 0.25) is 0 Å². The normalized spacial score (nSPS) is 18.9. The molecule has 0 atom stereocenters. The van der Waals surface area contributed by atoms with Gasteiger partial charge in [0.2, 0.25) is 0 Å². The molecule has 1 saturated heterocycles. The molecule has 0 aromatic carbocycles. The van der Waals surface area contributed by atoms with Gasteiger partial charge in [0.1, 0.15) is 4.21 Å². The molecular formula is C11H16Br2N2O2S2. The van der Waals surface area contributed by atoms with Crippen molar-refractivity contribution in [2.45, 2.75) is 11.1 Å². The number of sulfonamides is 1. The van der Waals surface area contributed by atoms with Crippen LogP contribution in [-0.4, -0.2) is 55.7 Å². The first-order valence-corrected chi connectivity index (χ1v) is 10.2. The maximum Gasteiger partial charge on any atom is 0.252 e. The molecule has 1 aromatic heterocycles. The number of halogens is 2. The standard InChI is InChI=1S/C11H16Br2N2O2S2/c1-9-8-10(18-11(9)13)19(16,17)15-6-4-14(3-2-12)5-7-15/h8H,2-7H2,1H3. The van der Waals surface area contributed by atoms with Gasteiger partial charge in [0, 0.05) is 38.1 Å². The molecular weight excluding hydrogens is 416 g/mol. The molecule has 1 aliphatic rings. The predicted octanol–water partition coefficient (Wildman–Crippen LogP) is 2.52. The zero-order chi connectivity index (χ0) is 14.0. The van der Waals surface area contributed by atoms with Crippen molar-refractivity contribution in [1.82, 2.24) is 9.21 Å². The van der Waals surface area contributed by atoms with Gasteiger partial charge in [-0.3, -0.25) is 4.90 Å². The Morgan fingerprint density at radius 2 is 1.95 bits per heavy atom. The fourth-order valence-corrected chi connectivity index (χ4v) is 6.30. The highest BCUT2D eigenvalue weighted by atomic mass is 79.9. The number of rotatable bonds is 4. The summed E-state index contributed by atoms with van der Waals surface area (Å²) >= 11 is 8.09. The molecule has 2 heterocycles.